The zero-order chi connectivity index (χ0) is 21.4. The van der Waals surface area contributed by atoms with Gasteiger partial charge in [0.25, 0.3) is 0 Å². The van der Waals surface area contributed by atoms with E-state index < -0.39 is 11.9 Å². The number of benzene rings is 1. The Bertz CT molecular complexity index is 1060. The first kappa shape index (κ1) is 20.3. The van der Waals surface area contributed by atoms with Crippen molar-refractivity contribution in [1.82, 2.24) is 15.0 Å². The molecule has 2 aromatic heterocycles. The predicted molar refractivity (Wildman–Crippen MR) is 109 cm³/mol. The summed E-state index contributed by atoms with van der Waals surface area (Å²) in [6.45, 7) is 1.37. The number of hydrogen-bond donors (Lipinski definition) is 2. The van der Waals surface area contributed by atoms with E-state index >= 15 is 0 Å². The fourth-order valence-electron chi connectivity index (χ4n) is 4.46. The average Bonchev–Trinajstić information content (AvgIpc) is 3.22. The van der Waals surface area contributed by atoms with Gasteiger partial charge in [0.1, 0.15) is 23.5 Å². The first-order valence-electron chi connectivity index (χ1n) is 10.5. The summed E-state index contributed by atoms with van der Waals surface area (Å²) in [5.41, 5.74) is 1.60. The maximum Gasteiger partial charge on any atom is 0.431 e. The Labute approximate surface area is 177 Å². The molecule has 0 amide bonds. The minimum Gasteiger partial charge on any atom is -0.381 e. The van der Waals surface area contributed by atoms with Crippen LogP contribution in [-0.4, -0.2) is 40.4 Å². The second kappa shape index (κ2) is 8.12. The van der Waals surface area contributed by atoms with Crippen LogP contribution in [0.25, 0.3) is 11.0 Å². The summed E-state index contributed by atoms with van der Waals surface area (Å²) < 4.78 is 51.5. The molecule has 0 saturated carbocycles. The smallest absolute Gasteiger partial charge is 0.381 e. The van der Waals surface area contributed by atoms with Crippen molar-refractivity contribution in [2.75, 3.05) is 18.5 Å². The van der Waals surface area contributed by atoms with Crippen LogP contribution < -0.4 is 5.32 Å². The molecule has 1 aliphatic heterocycles. The third-order valence-electron chi connectivity index (χ3n) is 6.02. The zero-order valence-electron chi connectivity index (χ0n) is 16.8. The Morgan fingerprint density at radius 1 is 1.10 bits per heavy atom. The molecule has 1 aliphatic carbocycles. The van der Waals surface area contributed by atoms with Gasteiger partial charge in [-0.15, -0.1) is 0 Å². The third kappa shape index (κ3) is 4.12. The lowest BCUT2D eigenvalue weighted by Gasteiger charge is -2.37. The van der Waals surface area contributed by atoms with E-state index in [9.17, 15) is 13.2 Å². The van der Waals surface area contributed by atoms with Gasteiger partial charge >= 0.3 is 6.18 Å². The predicted octanol–water partition coefficient (Wildman–Crippen LogP) is 4.64. The number of halogens is 3. The van der Waals surface area contributed by atoms with E-state index in [1.54, 1.807) is 0 Å². The molecule has 3 aromatic rings. The summed E-state index contributed by atoms with van der Waals surface area (Å²) in [5, 5.41) is 3.70. The van der Waals surface area contributed by atoms with Crippen molar-refractivity contribution in [1.29, 1.82) is 0 Å². The Hall–Kier alpha value is -2.65. The summed E-state index contributed by atoms with van der Waals surface area (Å²) in [4.78, 5) is 10.6. The van der Waals surface area contributed by atoms with Crippen molar-refractivity contribution >= 4 is 16.9 Å². The van der Waals surface area contributed by atoms with E-state index in [0.717, 1.165) is 37.3 Å². The summed E-state index contributed by atoms with van der Waals surface area (Å²) in [6.07, 6.45) is 0.177. The van der Waals surface area contributed by atoms with Crippen molar-refractivity contribution in [3.63, 3.8) is 0 Å². The van der Waals surface area contributed by atoms with Gasteiger partial charge < -0.3 is 19.8 Å². The Morgan fingerprint density at radius 3 is 2.71 bits per heavy atom. The summed E-state index contributed by atoms with van der Waals surface area (Å²) >= 11 is 0. The molecule has 0 bridgehead atoms. The van der Waals surface area contributed by atoms with Crippen LogP contribution in [0.3, 0.4) is 0 Å². The van der Waals surface area contributed by atoms with Crippen molar-refractivity contribution in [3.05, 3.63) is 53.5 Å². The highest BCUT2D eigenvalue weighted by atomic mass is 19.4. The number of hydrogen-bond acceptors (Lipinski definition) is 5. The van der Waals surface area contributed by atoms with E-state index in [-0.39, 0.29) is 23.9 Å². The second-order valence-corrected chi connectivity index (χ2v) is 8.01. The number of nitrogens with one attached hydrogen (secondary N) is 2. The Kier molecular flexibility index (Phi) is 5.31. The van der Waals surface area contributed by atoms with Crippen LogP contribution in [-0.2, 0) is 22.1 Å². The number of aryl methyl sites for hydroxylation is 1. The van der Waals surface area contributed by atoms with E-state index in [1.165, 1.54) is 11.9 Å². The lowest BCUT2D eigenvalue weighted by Crippen LogP contribution is -2.37. The second-order valence-electron chi connectivity index (χ2n) is 8.01. The first-order valence-corrected chi connectivity index (χ1v) is 10.5. The van der Waals surface area contributed by atoms with Gasteiger partial charge in [-0.3, -0.25) is 0 Å². The van der Waals surface area contributed by atoms with Crippen molar-refractivity contribution in [2.45, 2.75) is 50.1 Å². The van der Waals surface area contributed by atoms with E-state index in [1.807, 2.05) is 18.2 Å². The highest BCUT2D eigenvalue weighted by Gasteiger charge is 2.35. The molecular weight excluding hydrogens is 409 g/mol. The van der Waals surface area contributed by atoms with Gasteiger partial charge in [-0.2, -0.15) is 13.2 Å². The van der Waals surface area contributed by atoms with Crippen LogP contribution in [0.2, 0.25) is 0 Å². The molecular formula is C22H23F3N4O2. The molecule has 164 valence electrons. The highest BCUT2D eigenvalue weighted by molar-refractivity contribution is 5.88. The summed E-state index contributed by atoms with van der Waals surface area (Å²) in [6, 6.07) is 8.93. The maximum atomic E-state index is 13.2. The van der Waals surface area contributed by atoms with Crippen LogP contribution in [0.4, 0.5) is 19.0 Å². The summed E-state index contributed by atoms with van der Waals surface area (Å²) in [7, 11) is 0. The molecule has 0 radical (unpaired) electrons. The molecule has 2 aliphatic rings. The normalized spacial score (nSPS) is 22.4. The number of aromatic amines is 1. The number of nitrogens with zero attached hydrogens (tertiary/aromatic N) is 2. The molecule has 2 atom stereocenters. The topological polar surface area (TPSA) is 72.1 Å². The van der Waals surface area contributed by atoms with Crippen LogP contribution in [0, 0.1) is 0 Å². The molecule has 1 fully saturated rings. The van der Waals surface area contributed by atoms with Gasteiger partial charge in [-0.25, -0.2) is 9.97 Å². The molecule has 0 unspecified atom stereocenters. The third-order valence-corrected chi connectivity index (χ3v) is 6.02. The number of alkyl halides is 3. The number of rotatable bonds is 4. The van der Waals surface area contributed by atoms with Crippen LogP contribution >= 0.6 is 0 Å². The van der Waals surface area contributed by atoms with Crippen molar-refractivity contribution in [2.24, 2.45) is 0 Å². The van der Waals surface area contributed by atoms with Crippen molar-refractivity contribution < 1.29 is 22.6 Å². The fourth-order valence-corrected chi connectivity index (χ4v) is 4.46. The first-order chi connectivity index (χ1) is 15.0. The Balaban J connectivity index is 1.49. The van der Waals surface area contributed by atoms with Crippen LogP contribution in [0.5, 0.6) is 0 Å². The molecule has 1 saturated heterocycles. The van der Waals surface area contributed by atoms with Gasteiger partial charge in [0.05, 0.1) is 23.6 Å². The molecule has 1 aromatic carbocycles. The average molecular weight is 432 g/mol. The minimum atomic E-state index is -4.48. The van der Waals surface area contributed by atoms with Gasteiger partial charge in [0.15, 0.2) is 0 Å². The lowest BCUT2D eigenvalue weighted by atomic mass is 9.85. The minimum absolute atomic E-state index is 0.114. The molecule has 31 heavy (non-hydrogen) atoms. The lowest BCUT2D eigenvalue weighted by molar-refractivity contribution is -0.140. The van der Waals surface area contributed by atoms with E-state index in [2.05, 4.69) is 26.3 Å². The monoisotopic (exact) mass is 432 g/mol. The molecule has 2 N–H and O–H groups in total. The zero-order valence-corrected chi connectivity index (χ0v) is 16.8. The molecule has 3 heterocycles. The standard InChI is InChI=1S/C22H23F3N4O2/c23-22(24,25)18-11-16-20(28-18)26-12-27-21(16)29-19-15-4-2-1-3-13(15)5-6-17(19)31-14-7-9-30-10-8-14/h1-4,11-12,14,17,19H,5-10H2,(H2,26,27,28,29)/t17-,19+/m1/s1. The van der Waals surface area contributed by atoms with Gasteiger partial charge in [0.2, 0.25) is 0 Å². The highest BCUT2D eigenvalue weighted by Crippen LogP contribution is 2.38. The van der Waals surface area contributed by atoms with Gasteiger partial charge in [-0.1, -0.05) is 24.3 Å². The molecule has 0 spiro atoms. The number of H-pyrrole nitrogens is 1. The maximum absolute atomic E-state index is 13.2. The summed E-state index contributed by atoms with van der Waals surface area (Å²) in [5.74, 6) is 0.360. The number of anilines is 1. The van der Waals surface area contributed by atoms with Gasteiger partial charge in [-0.05, 0) is 42.9 Å². The number of ether oxygens (including phenoxy) is 2. The number of fused-ring (bicyclic) bond motifs is 2. The van der Waals surface area contributed by atoms with E-state index in [4.69, 9.17) is 9.47 Å². The van der Waals surface area contributed by atoms with Crippen molar-refractivity contribution in [3.8, 4) is 0 Å². The Morgan fingerprint density at radius 2 is 1.90 bits per heavy atom. The quantitative estimate of drug-likeness (QED) is 0.629. The number of aromatic nitrogens is 3. The van der Waals surface area contributed by atoms with Crippen LogP contribution in [0.1, 0.15) is 42.1 Å². The fraction of sp³-hybridized carbons (Fsp3) is 0.455. The molecule has 9 heteroatoms. The largest absolute Gasteiger partial charge is 0.431 e. The van der Waals surface area contributed by atoms with Gasteiger partial charge in [0, 0.05) is 13.2 Å². The SMILES string of the molecule is FC(F)(F)c1cc2c(N[C@H]3c4ccccc4CC[C@H]3OC3CCOCC3)ncnc2[nH]1. The van der Waals surface area contributed by atoms with Crippen LogP contribution in [0.15, 0.2) is 36.7 Å². The molecule has 5 rings (SSSR count). The van der Waals surface area contributed by atoms with E-state index in [0.29, 0.717) is 24.4 Å². The molecule has 6 nitrogen and oxygen atoms in total.